The minimum atomic E-state index is 0.762. The monoisotopic (exact) mass is 261 g/mol. The summed E-state index contributed by atoms with van der Waals surface area (Å²) in [6.07, 6.45) is 6.79. The number of hydrogen-bond donors (Lipinski definition) is 1. The summed E-state index contributed by atoms with van der Waals surface area (Å²) in [6.45, 7) is 0. The van der Waals surface area contributed by atoms with Crippen LogP contribution in [0.2, 0.25) is 5.02 Å². The number of rotatable bonds is 7. The van der Waals surface area contributed by atoms with Crippen LogP contribution in [0.4, 0.5) is 0 Å². The van der Waals surface area contributed by atoms with Gasteiger partial charge in [0.15, 0.2) is 0 Å². The lowest BCUT2D eigenvalue weighted by atomic mass is 10.2. The zero-order valence-corrected chi connectivity index (χ0v) is 11.1. The van der Waals surface area contributed by atoms with Crippen LogP contribution in [0.25, 0.3) is 0 Å². The van der Waals surface area contributed by atoms with Gasteiger partial charge in [-0.15, -0.1) is 11.8 Å². The second kappa shape index (κ2) is 8.31. The summed E-state index contributed by atoms with van der Waals surface area (Å²) in [5, 5.41) is 1.71. The highest BCUT2D eigenvalue weighted by atomic mass is 35.5. The highest BCUT2D eigenvalue weighted by molar-refractivity contribution is 7.99. The predicted molar refractivity (Wildman–Crippen MR) is 72.3 cm³/mol. The molecule has 0 aromatic carbocycles. The van der Waals surface area contributed by atoms with E-state index in [9.17, 15) is 0 Å². The number of thioether (sulfide) groups is 1. The second-order valence-electron chi connectivity index (χ2n) is 3.28. The van der Waals surface area contributed by atoms with Gasteiger partial charge in [-0.3, -0.25) is 0 Å². The SMILES string of the molecule is SCCCCCCSc1ncccc1Cl. The van der Waals surface area contributed by atoms with E-state index in [4.69, 9.17) is 11.6 Å². The lowest BCUT2D eigenvalue weighted by molar-refractivity contribution is 0.712. The third-order valence-corrected chi connectivity index (χ3v) is 3.84. The Hall–Kier alpha value is 0.140. The molecule has 1 aromatic rings. The first-order chi connectivity index (χ1) is 7.34. The lowest BCUT2D eigenvalue weighted by Crippen LogP contribution is -1.85. The first-order valence-electron chi connectivity index (χ1n) is 5.19. The standard InChI is InChI=1S/C11H16ClNS2/c12-10-6-5-7-13-11(10)15-9-4-2-1-3-8-14/h5-7,14H,1-4,8-9H2. The minimum Gasteiger partial charge on any atom is -0.248 e. The van der Waals surface area contributed by atoms with E-state index in [1.807, 2.05) is 12.1 Å². The van der Waals surface area contributed by atoms with Gasteiger partial charge in [0.1, 0.15) is 5.03 Å². The molecule has 1 rings (SSSR count). The Labute approximate surface area is 106 Å². The maximum Gasteiger partial charge on any atom is 0.115 e. The van der Waals surface area contributed by atoms with Crippen molar-refractivity contribution in [2.75, 3.05) is 11.5 Å². The maximum absolute atomic E-state index is 5.99. The van der Waals surface area contributed by atoms with E-state index in [0.717, 1.165) is 21.6 Å². The minimum absolute atomic E-state index is 0.762. The first-order valence-corrected chi connectivity index (χ1v) is 7.18. The van der Waals surface area contributed by atoms with E-state index in [-0.39, 0.29) is 0 Å². The average molecular weight is 262 g/mol. The van der Waals surface area contributed by atoms with Gasteiger partial charge in [-0.25, -0.2) is 4.98 Å². The van der Waals surface area contributed by atoms with Crippen LogP contribution in [-0.2, 0) is 0 Å². The first kappa shape index (κ1) is 13.2. The van der Waals surface area contributed by atoms with Gasteiger partial charge in [-0.2, -0.15) is 12.6 Å². The van der Waals surface area contributed by atoms with E-state index in [0.29, 0.717) is 0 Å². The molecule has 0 saturated carbocycles. The summed E-state index contributed by atoms with van der Waals surface area (Å²) in [5.41, 5.74) is 0. The van der Waals surface area contributed by atoms with E-state index in [1.54, 1.807) is 18.0 Å². The van der Waals surface area contributed by atoms with Crippen molar-refractivity contribution in [3.63, 3.8) is 0 Å². The molecular weight excluding hydrogens is 246 g/mol. The molecule has 0 unspecified atom stereocenters. The van der Waals surface area contributed by atoms with Crippen LogP contribution < -0.4 is 0 Å². The fraction of sp³-hybridized carbons (Fsp3) is 0.545. The largest absolute Gasteiger partial charge is 0.248 e. The second-order valence-corrected chi connectivity index (χ2v) is 5.21. The highest BCUT2D eigenvalue weighted by Crippen LogP contribution is 2.24. The van der Waals surface area contributed by atoms with Crippen molar-refractivity contribution in [1.82, 2.24) is 4.98 Å². The molecule has 0 fully saturated rings. The molecule has 84 valence electrons. The van der Waals surface area contributed by atoms with Gasteiger partial charge >= 0.3 is 0 Å². The molecule has 0 saturated heterocycles. The number of pyridine rings is 1. The van der Waals surface area contributed by atoms with Crippen molar-refractivity contribution in [2.45, 2.75) is 30.7 Å². The Kier molecular flexibility index (Phi) is 7.32. The highest BCUT2D eigenvalue weighted by Gasteiger charge is 2.00. The summed E-state index contributed by atoms with van der Waals surface area (Å²) in [5.74, 6) is 2.10. The molecular formula is C11H16ClNS2. The molecule has 0 amide bonds. The zero-order valence-electron chi connectivity index (χ0n) is 8.66. The van der Waals surface area contributed by atoms with Gasteiger partial charge in [0.2, 0.25) is 0 Å². The molecule has 15 heavy (non-hydrogen) atoms. The van der Waals surface area contributed by atoms with Crippen molar-refractivity contribution in [3.05, 3.63) is 23.4 Å². The van der Waals surface area contributed by atoms with Crippen molar-refractivity contribution < 1.29 is 0 Å². The number of unbranched alkanes of at least 4 members (excludes halogenated alkanes) is 3. The van der Waals surface area contributed by atoms with Gasteiger partial charge in [-0.1, -0.05) is 24.4 Å². The third-order valence-electron chi connectivity index (χ3n) is 2.02. The number of hydrogen-bond acceptors (Lipinski definition) is 3. The van der Waals surface area contributed by atoms with Gasteiger partial charge < -0.3 is 0 Å². The Morgan fingerprint density at radius 1 is 1.27 bits per heavy atom. The fourth-order valence-electron chi connectivity index (χ4n) is 1.21. The third kappa shape index (κ3) is 5.69. The van der Waals surface area contributed by atoms with E-state index >= 15 is 0 Å². The topological polar surface area (TPSA) is 12.9 Å². The van der Waals surface area contributed by atoms with Crippen LogP contribution in [0.3, 0.4) is 0 Å². The van der Waals surface area contributed by atoms with Gasteiger partial charge in [0.25, 0.3) is 0 Å². The molecule has 0 bridgehead atoms. The summed E-state index contributed by atoms with van der Waals surface area (Å²) >= 11 is 11.9. The quantitative estimate of drug-likeness (QED) is 0.446. The van der Waals surface area contributed by atoms with E-state index < -0.39 is 0 Å². The summed E-state index contributed by atoms with van der Waals surface area (Å²) in [4.78, 5) is 4.23. The smallest absolute Gasteiger partial charge is 0.115 e. The summed E-state index contributed by atoms with van der Waals surface area (Å²) in [7, 11) is 0. The normalized spacial score (nSPS) is 10.5. The molecule has 0 radical (unpaired) electrons. The Morgan fingerprint density at radius 3 is 2.80 bits per heavy atom. The number of nitrogens with zero attached hydrogens (tertiary/aromatic N) is 1. The van der Waals surface area contributed by atoms with Gasteiger partial charge in [0.05, 0.1) is 5.02 Å². The van der Waals surface area contributed by atoms with Crippen LogP contribution in [0.1, 0.15) is 25.7 Å². The Bertz CT molecular complexity index is 281. The van der Waals surface area contributed by atoms with Crippen LogP contribution in [0.15, 0.2) is 23.4 Å². The number of thiol groups is 1. The Balaban J connectivity index is 2.12. The molecule has 0 aliphatic heterocycles. The number of aromatic nitrogens is 1. The molecule has 0 aliphatic rings. The molecule has 1 heterocycles. The van der Waals surface area contributed by atoms with Crippen molar-refractivity contribution in [2.24, 2.45) is 0 Å². The zero-order chi connectivity index (χ0) is 10.9. The predicted octanol–water partition coefficient (Wildman–Crippen LogP) is 4.32. The number of halogens is 1. The summed E-state index contributed by atoms with van der Waals surface area (Å²) in [6, 6.07) is 3.75. The average Bonchev–Trinajstić information content (AvgIpc) is 2.25. The molecule has 0 atom stereocenters. The molecule has 0 aliphatic carbocycles. The van der Waals surface area contributed by atoms with Gasteiger partial charge in [-0.05, 0) is 36.5 Å². The molecule has 1 aromatic heterocycles. The van der Waals surface area contributed by atoms with Crippen LogP contribution in [0, 0.1) is 0 Å². The maximum atomic E-state index is 5.99. The molecule has 0 spiro atoms. The van der Waals surface area contributed by atoms with Gasteiger partial charge in [0, 0.05) is 6.20 Å². The van der Waals surface area contributed by atoms with Crippen molar-refractivity contribution in [1.29, 1.82) is 0 Å². The lowest BCUT2D eigenvalue weighted by Gasteiger charge is -2.02. The van der Waals surface area contributed by atoms with E-state index in [1.165, 1.54) is 25.7 Å². The van der Waals surface area contributed by atoms with Crippen molar-refractivity contribution in [3.8, 4) is 0 Å². The van der Waals surface area contributed by atoms with Crippen LogP contribution in [-0.4, -0.2) is 16.5 Å². The summed E-state index contributed by atoms with van der Waals surface area (Å²) < 4.78 is 0. The van der Waals surface area contributed by atoms with E-state index in [2.05, 4.69) is 17.6 Å². The molecule has 0 N–H and O–H groups in total. The van der Waals surface area contributed by atoms with Crippen molar-refractivity contribution >= 4 is 36.0 Å². The van der Waals surface area contributed by atoms with Crippen LogP contribution in [0.5, 0.6) is 0 Å². The Morgan fingerprint density at radius 2 is 2.07 bits per heavy atom. The molecule has 4 heteroatoms. The van der Waals surface area contributed by atoms with Crippen LogP contribution >= 0.6 is 36.0 Å². The molecule has 1 nitrogen and oxygen atoms in total. The fourth-order valence-corrected chi connectivity index (χ4v) is 2.61.